The van der Waals surface area contributed by atoms with Gasteiger partial charge in [-0.3, -0.25) is 4.79 Å². The van der Waals surface area contributed by atoms with Crippen LogP contribution in [-0.4, -0.2) is 15.7 Å². The van der Waals surface area contributed by atoms with E-state index < -0.39 is 11.9 Å². The highest BCUT2D eigenvalue weighted by Gasteiger charge is 2.39. The molecule has 1 aliphatic carbocycles. The van der Waals surface area contributed by atoms with Crippen LogP contribution in [0.3, 0.4) is 0 Å². The van der Waals surface area contributed by atoms with Crippen LogP contribution in [0, 0.1) is 0 Å². The third-order valence-corrected chi connectivity index (χ3v) is 5.18. The van der Waals surface area contributed by atoms with Crippen LogP contribution < -0.4 is 5.32 Å². The fourth-order valence-corrected chi connectivity index (χ4v) is 3.66. The Morgan fingerprint density at radius 2 is 1.66 bits per heavy atom. The molecule has 8 heteroatoms. The topological polar surface area (TPSA) is 46.9 Å². The van der Waals surface area contributed by atoms with Crippen molar-refractivity contribution in [1.82, 2.24) is 9.78 Å². The fourth-order valence-electron chi connectivity index (χ4n) is 3.53. The smallest absolute Gasteiger partial charge is 0.322 e. The molecule has 1 N–H and O–H groups in total. The zero-order chi connectivity index (χ0) is 20.6. The quantitative estimate of drug-likeness (QED) is 0.594. The van der Waals surface area contributed by atoms with Crippen molar-refractivity contribution in [3.63, 3.8) is 0 Å². The van der Waals surface area contributed by atoms with Crippen LogP contribution >= 0.6 is 11.6 Å². The number of nitrogens with one attached hydrogen (secondary N) is 1. The van der Waals surface area contributed by atoms with Crippen LogP contribution in [0.15, 0.2) is 48.5 Å². The molecule has 0 atom stereocenters. The zero-order valence-corrected chi connectivity index (χ0v) is 16.0. The van der Waals surface area contributed by atoms with Crippen LogP contribution in [0.1, 0.15) is 40.2 Å². The number of carbonyl (C=O) groups is 1. The molecule has 1 aromatic heterocycles. The molecule has 0 saturated carbocycles. The van der Waals surface area contributed by atoms with Crippen molar-refractivity contribution in [2.45, 2.75) is 31.9 Å². The number of hydrogen-bond donors (Lipinski definition) is 1. The van der Waals surface area contributed by atoms with E-state index in [1.165, 1.54) is 4.68 Å². The lowest BCUT2D eigenvalue weighted by atomic mass is 9.95. The SMILES string of the molecule is O=C(Nc1ccc(Cl)cc1)c1ccc(-n2nc(C(F)(F)F)c3c2CCCC3)cc1. The fraction of sp³-hybridized carbons (Fsp3) is 0.238. The maximum Gasteiger partial charge on any atom is 0.435 e. The van der Waals surface area contributed by atoms with Gasteiger partial charge in [0, 0.05) is 27.5 Å². The minimum absolute atomic E-state index is 0.285. The Morgan fingerprint density at radius 3 is 2.31 bits per heavy atom. The lowest BCUT2D eigenvalue weighted by Gasteiger charge is -2.15. The molecule has 0 spiro atoms. The molecule has 1 aliphatic rings. The Balaban J connectivity index is 1.60. The Morgan fingerprint density at radius 1 is 1.00 bits per heavy atom. The maximum absolute atomic E-state index is 13.4. The highest BCUT2D eigenvalue weighted by atomic mass is 35.5. The third-order valence-electron chi connectivity index (χ3n) is 4.92. The van der Waals surface area contributed by atoms with Gasteiger partial charge in [0.15, 0.2) is 5.69 Å². The van der Waals surface area contributed by atoms with Gasteiger partial charge in [-0.05, 0) is 74.2 Å². The van der Waals surface area contributed by atoms with E-state index in [0.717, 1.165) is 12.8 Å². The van der Waals surface area contributed by atoms with Gasteiger partial charge in [-0.15, -0.1) is 0 Å². The number of rotatable bonds is 3. The summed E-state index contributed by atoms with van der Waals surface area (Å²) in [5, 5.41) is 7.18. The number of alkyl halides is 3. The molecule has 0 aliphatic heterocycles. The van der Waals surface area contributed by atoms with Crippen molar-refractivity contribution in [3.8, 4) is 5.69 Å². The monoisotopic (exact) mass is 419 g/mol. The number of aromatic nitrogens is 2. The molecule has 0 radical (unpaired) electrons. The van der Waals surface area contributed by atoms with Crippen LogP contribution in [-0.2, 0) is 19.0 Å². The standard InChI is InChI=1S/C21H17ClF3N3O/c22-14-7-9-15(10-8-14)26-20(29)13-5-11-16(12-6-13)28-18-4-2-1-3-17(18)19(27-28)21(23,24)25/h5-12H,1-4H2,(H,26,29). The molecule has 1 heterocycles. The van der Waals surface area contributed by atoms with Gasteiger partial charge in [-0.1, -0.05) is 11.6 Å². The van der Waals surface area contributed by atoms with Crippen molar-refractivity contribution in [2.75, 3.05) is 5.32 Å². The highest BCUT2D eigenvalue weighted by molar-refractivity contribution is 6.30. The summed E-state index contributed by atoms with van der Waals surface area (Å²) < 4.78 is 41.5. The lowest BCUT2D eigenvalue weighted by molar-refractivity contribution is -0.142. The van der Waals surface area contributed by atoms with E-state index in [2.05, 4.69) is 10.4 Å². The van der Waals surface area contributed by atoms with E-state index in [-0.39, 0.29) is 11.5 Å². The first-order chi connectivity index (χ1) is 13.8. The second-order valence-electron chi connectivity index (χ2n) is 6.90. The Hall–Kier alpha value is -2.80. The Labute approximate surface area is 170 Å². The summed E-state index contributed by atoms with van der Waals surface area (Å²) in [6.45, 7) is 0. The first-order valence-corrected chi connectivity index (χ1v) is 9.56. The van der Waals surface area contributed by atoms with Gasteiger partial charge >= 0.3 is 6.18 Å². The molecule has 2 aromatic carbocycles. The third kappa shape index (κ3) is 4.00. The molecule has 150 valence electrons. The second-order valence-corrected chi connectivity index (χ2v) is 7.33. The first-order valence-electron chi connectivity index (χ1n) is 9.18. The number of nitrogens with zero attached hydrogens (tertiary/aromatic N) is 2. The van der Waals surface area contributed by atoms with Crippen molar-refractivity contribution < 1.29 is 18.0 Å². The average molecular weight is 420 g/mol. The number of fused-ring (bicyclic) bond motifs is 1. The number of amides is 1. The van der Waals surface area contributed by atoms with Crippen LogP contribution in [0.25, 0.3) is 5.69 Å². The minimum Gasteiger partial charge on any atom is -0.322 e. The van der Waals surface area contributed by atoms with Gasteiger partial charge in [0.25, 0.3) is 5.91 Å². The van der Waals surface area contributed by atoms with E-state index in [9.17, 15) is 18.0 Å². The molecule has 0 saturated heterocycles. The van der Waals surface area contributed by atoms with Crippen molar-refractivity contribution in [1.29, 1.82) is 0 Å². The number of carbonyl (C=O) groups excluding carboxylic acids is 1. The molecule has 0 bridgehead atoms. The summed E-state index contributed by atoms with van der Waals surface area (Å²) in [7, 11) is 0. The molecule has 4 nitrogen and oxygen atoms in total. The molecule has 4 rings (SSSR count). The van der Waals surface area contributed by atoms with E-state index in [4.69, 9.17) is 11.6 Å². The molecular weight excluding hydrogens is 403 g/mol. The number of halogens is 4. The lowest BCUT2D eigenvalue weighted by Crippen LogP contribution is -2.12. The number of hydrogen-bond acceptors (Lipinski definition) is 2. The largest absolute Gasteiger partial charge is 0.435 e. The number of anilines is 1. The van der Waals surface area contributed by atoms with Crippen molar-refractivity contribution in [3.05, 3.63) is 76.1 Å². The van der Waals surface area contributed by atoms with E-state index in [1.807, 2.05) is 0 Å². The Kier molecular flexibility index (Phi) is 5.08. The summed E-state index contributed by atoms with van der Waals surface area (Å²) in [4.78, 5) is 12.4. The summed E-state index contributed by atoms with van der Waals surface area (Å²) in [5.41, 5.74) is 1.56. The predicted octanol–water partition coefficient (Wildman–Crippen LogP) is 5.68. The number of benzene rings is 2. The minimum atomic E-state index is -4.48. The van der Waals surface area contributed by atoms with Gasteiger partial charge in [0.1, 0.15) is 0 Å². The van der Waals surface area contributed by atoms with Gasteiger partial charge in [-0.2, -0.15) is 18.3 Å². The van der Waals surface area contributed by atoms with Gasteiger partial charge in [0.2, 0.25) is 0 Å². The van der Waals surface area contributed by atoms with Gasteiger partial charge in [0.05, 0.1) is 5.69 Å². The first kappa shape index (κ1) is 19.5. The van der Waals surface area contributed by atoms with Crippen molar-refractivity contribution >= 4 is 23.2 Å². The zero-order valence-electron chi connectivity index (χ0n) is 15.3. The van der Waals surface area contributed by atoms with Gasteiger partial charge in [-0.25, -0.2) is 4.68 Å². The average Bonchev–Trinajstić information content (AvgIpc) is 3.10. The normalized spacial score (nSPS) is 13.8. The second kappa shape index (κ2) is 7.55. The predicted molar refractivity (Wildman–Crippen MR) is 105 cm³/mol. The maximum atomic E-state index is 13.4. The molecule has 0 fully saturated rings. The molecule has 29 heavy (non-hydrogen) atoms. The van der Waals surface area contributed by atoms with E-state index in [1.54, 1.807) is 48.5 Å². The highest BCUT2D eigenvalue weighted by Crippen LogP contribution is 2.36. The molecule has 3 aromatic rings. The molecule has 1 amide bonds. The molecule has 0 unspecified atom stereocenters. The summed E-state index contributed by atoms with van der Waals surface area (Å²) in [6, 6.07) is 13.1. The van der Waals surface area contributed by atoms with E-state index >= 15 is 0 Å². The summed E-state index contributed by atoms with van der Waals surface area (Å²) in [5.74, 6) is -0.322. The van der Waals surface area contributed by atoms with Crippen molar-refractivity contribution in [2.24, 2.45) is 0 Å². The Bertz CT molecular complexity index is 1040. The molecular formula is C21H17ClF3N3O. The van der Waals surface area contributed by atoms with Crippen LogP contribution in [0.5, 0.6) is 0 Å². The van der Waals surface area contributed by atoms with Crippen LogP contribution in [0.2, 0.25) is 5.02 Å². The summed E-state index contributed by atoms with van der Waals surface area (Å²) in [6.07, 6.45) is -1.99. The van der Waals surface area contributed by atoms with E-state index in [0.29, 0.717) is 40.5 Å². The van der Waals surface area contributed by atoms with Crippen LogP contribution in [0.4, 0.5) is 18.9 Å². The summed E-state index contributed by atoms with van der Waals surface area (Å²) >= 11 is 5.83. The van der Waals surface area contributed by atoms with Gasteiger partial charge < -0.3 is 5.32 Å².